The molecular weight excluding hydrogens is 396 g/mol. The fraction of sp³-hybridized carbons (Fsp3) is 0.333. The molecule has 3 rings (SSSR count). The first-order chi connectivity index (χ1) is 14.7. The molecule has 0 aromatic heterocycles. The molecule has 0 saturated heterocycles. The Bertz CT molecular complexity index is 1020. The summed E-state index contributed by atoms with van der Waals surface area (Å²) >= 11 is 0. The molecule has 0 aliphatic carbocycles. The normalized spacial score (nSPS) is 16.3. The highest BCUT2D eigenvalue weighted by Gasteiger charge is 2.45. The highest BCUT2D eigenvalue weighted by atomic mass is 16.5. The van der Waals surface area contributed by atoms with Crippen molar-refractivity contribution in [2.45, 2.75) is 26.8 Å². The highest BCUT2D eigenvalue weighted by molar-refractivity contribution is 6.16. The monoisotopic (exact) mass is 424 g/mol. The van der Waals surface area contributed by atoms with Crippen molar-refractivity contribution in [3.63, 3.8) is 0 Å². The molecule has 1 amide bonds. The van der Waals surface area contributed by atoms with Gasteiger partial charge in [-0.15, -0.1) is 0 Å². The van der Waals surface area contributed by atoms with Crippen molar-refractivity contribution in [2.24, 2.45) is 5.92 Å². The van der Waals surface area contributed by atoms with Crippen molar-refractivity contribution in [1.82, 2.24) is 0 Å². The predicted molar refractivity (Wildman–Crippen MR) is 120 cm³/mol. The SMILES string of the molecule is CCOc1cc(C2C(C(=O)C(C)C)=C(O)C(=O)N2c2ccc(N(C)C)cc2)ccc1O. The molecule has 0 fully saturated rings. The molecule has 1 atom stereocenters. The van der Waals surface area contributed by atoms with Crippen molar-refractivity contribution in [2.75, 3.05) is 30.5 Å². The van der Waals surface area contributed by atoms with Crippen molar-refractivity contribution in [3.05, 3.63) is 59.4 Å². The van der Waals surface area contributed by atoms with Gasteiger partial charge in [0.1, 0.15) is 0 Å². The Kier molecular flexibility index (Phi) is 6.24. The van der Waals surface area contributed by atoms with Crippen LogP contribution in [0.5, 0.6) is 11.5 Å². The topological polar surface area (TPSA) is 90.3 Å². The molecule has 0 spiro atoms. The Labute approximate surface area is 182 Å². The van der Waals surface area contributed by atoms with Gasteiger partial charge in [-0.25, -0.2) is 0 Å². The summed E-state index contributed by atoms with van der Waals surface area (Å²) in [6.45, 7) is 5.58. The molecule has 0 saturated carbocycles. The van der Waals surface area contributed by atoms with Gasteiger partial charge in [0.25, 0.3) is 5.91 Å². The number of hydrogen-bond donors (Lipinski definition) is 2. The minimum atomic E-state index is -0.840. The van der Waals surface area contributed by atoms with Gasteiger partial charge in [0.05, 0.1) is 18.2 Å². The first kappa shape index (κ1) is 22.2. The summed E-state index contributed by atoms with van der Waals surface area (Å²) in [5.74, 6) is -1.70. The summed E-state index contributed by atoms with van der Waals surface area (Å²) in [6.07, 6.45) is 0. The number of carbonyl (C=O) groups is 2. The maximum atomic E-state index is 13.1. The van der Waals surface area contributed by atoms with Crippen LogP contribution in [0.1, 0.15) is 32.4 Å². The molecule has 2 N–H and O–H groups in total. The lowest BCUT2D eigenvalue weighted by molar-refractivity contribution is -0.119. The summed E-state index contributed by atoms with van der Waals surface area (Å²) in [6, 6.07) is 11.1. The summed E-state index contributed by atoms with van der Waals surface area (Å²) < 4.78 is 5.49. The fourth-order valence-corrected chi connectivity index (χ4v) is 3.63. The average molecular weight is 424 g/mol. The van der Waals surface area contributed by atoms with Gasteiger partial charge in [0, 0.05) is 31.4 Å². The van der Waals surface area contributed by atoms with Gasteiger partial charge in [0.2, 0.25) is 0 Å². The van der Waals surface area contributed by atoms with Crippen LogP contribution in [0.3, 0.4) is 0 Å². The van der Waals surface area contributed by atoms with E-state index in [0.29, 0.717) is 17.9 Å². The minimum absolute atomic E-state index is 0.0400. The average Bonchev–Trinajstić information content (AvgIpc) is 3.00. The molecule has 164 valence electrons. The summed E-state index contributed by atoms with van der Waals surface area (Å²) in [5.41, 5.74) is 2.10. The first-order valence-electron chi connectivity index (χ1n) is 10.2. The van der Waals surface area contributed by atoms with Crippen LogP contribution >= 0.6 is 0 Å². The second-order valence-corrected chi connectivity index (χ2v) is 7.93. The van der Waals surface area contributed by atoms with E-state index in [9.17, 15) is 19.8 Å². The molecule has 1 aliphatic rings. The molecule has 2 aromatic rings. The number of carbonyl (C=O) groups excluding carboxylic acids is 2. The van der Waals surface area contributed by atoms with Gasteiger partial charge >= 0.3 is 0 Å². The number of ether oxygens (including phenoxy) is 1. The quantitative estimate of drug-likeness (QED) is 0.699. The number of phenols is 1. The molecular formula is C24H28N2O5. The molecule has 7 heteroatoms. The Balaban J connectivity index is 2.17. The molecule has 31 heavy (non-hydrogen) atoms. The van der Waals surface area contributed by atoms with Gasteiger partial charge in [-0.2, -0.15) is 0 Å². The van der Waals surface area contributed by atoms with E-state index < -0.39 is 23.6 Å². The Morgan fingerprint density at radius 3 is 2.32 bits per heavy atom. The van der Waals surface area contributed by atoms with Gasteiger partial charge < -0.3 is 19.8 Å². The van der Waals surface area contributed by atoms with Crippen molar-refractivity contribution in [3.8, 4) is 11.5 Å². The summed E-state index contributed by atoms with van der Waals surface area (Å²) in [7, 11) is 3.83. The van der Waals surface area contributed by atoms with Gasteiger partial charge in [-0.05, 0) is 48.9 Å². The van der Waals surface area contributed by atoms with Crippen LogP contribution in [0.15, 0.2) is 53.8 Å². The molecule has 0 bridgehead atoms. The first-order valence-corrected chi connectivity index (χ1v) is 10.2. The van der Waals surface area contributed by atoms with Crippen LogP contribution in [0, 0.1) is 5.92 Å². The van der Waals surface area contributed by atoms with Crippen LogP contribution in [-0.2, 0) is 9.59 Å². The van der Waals surface area contributed by atoms with E-state index in [1.54, 1.807) is 45.0 Å². The van der Waals surface area contributed by atoms with Crippen molar-refractivity contribution < 1.29 is 24.5 Å². The minimum Gasteiger partial charge on any atom is -0.504 e. The number of aliphatic hydroxyl groups excluding tert-OH is 1. The lowest BCUT2D eigenvalue weighted by Crippen LogP contribution is -2.31. The standard InChI is InChI=1S/C24H28N2O5/c1-6-31-19-13-15(7-12-18(19)27)21-20(22(28)14(2)3)23(29)24(30)26(21)17-10-8-16(9-11-17)25(4)5/h7-14,21,27,29H,6H2,1-5H3. The number of benzene rings is 2. The van der Waals surface area contributed by atoms with Gasteiger partial charge in [0.15, 0.2) is 23.0 Å². The number of aliphatic hydroxyl groups is 1. The zero-order valence-electron chi connectivity index (χ0n) is 18.4. The number of amides is 1. The summed E-state index contributed by atoms with van der Waals surface area (Å²) in [5, 5.41) is 20.8. The number of phenolic OH excluding ortho intramolecular Hbond substituents is 1. The van der Waals surface area contributed by atoms with E-state index in [1.807, 2.05) is 31.1 Å². The van der Waals surface area contributed by atoms with Crippen LogP contribution in [0.2, 0.25) is 0 Å². The van der Waals surface area contributed by atoms with Crippen LogP contribution in [-0.4, -0.2) is 42.6 Å². The number of Topliss-reactive ketones (excluding diaryl/α,β-unsaturated/α-hetero) is 1. The second kappa shape index (κ2) is 8.71. The number of ketones is 1. The smallest absolute Gasteiger partial charge is 0.294 e. The third-order valence-corrected chi connectivity index (χ3v) is 5.24. The second-order valence-electron chi connectivity index (χ2n) is 7.93. The number of rotatable bonds is 7. The van der Waals surface area contributed by atoms with Crippen molar-refractivity contribution in [1.29, 1.82) is 0 Å². The fourth-order valence-electron chi connectivity index (χ4n) is 3.63. The van der Waals surface area contributed by atoms with E-state index in [2.05, 4.69) is 0 Å². The molecule has 1 unspecified atom stereocenters. The molecule has 7 nitrogen and oxygen atoms in total. The van der Waals surface area contributed by atoms with E-state index in [1.165, 1.54) is 11.0 Å². The van der Waals surface area contributed by atoms with E-state index in [-0.39, 0.29) is 22.9 Å². The van der Waals surface area contributed by atoms with Crippen LogP contribution in [0.4, 0.5) is 11.4 Å². The maximum Gasteiger partial charge on any atom is 0.294 e. The molecule has 2 aromatic carbocycles. The number of nitrogens with zero attached hydrogens (tertiary/aromatic N) is 2. The number of aromatic hydroxyl groups is 1. The Hall–Kier alpha value is -3.48. The Morgan fingerprint density at radius 1 is 1.13 bits per heavy atom. The van der Waals surface area contributed by atoms with E-state index in [0.717, 1.165) is 5.69 Å². The predicted octanol–water partition coefficient (Wildman–Crippen LogP) is 3.98. The van der Waals surface area contributed by atoms with Gasteiger partial charge in [-0.1, -0.05) is 19.9 Å². The van der Waals surface area contributed by atoms with Crippen molar-refractivity contribution >= 4 is 23.1 Å². The number of anilines is 2. The molecule has 1 aliphatic heterocycles. The lowest BCUT2D eigenvalue weighted by atomic mass is 9.91. The highest BCUT2D eigenvalue weighted by Crippen LogP contribution is 2.44. The number of hydrogen-bond acceptors (Lipinski definition) is 6. The Morgan fingerprint density at radius 2 is 1.77 bits per heavy atom. The zero-order chi connectivity index (χ0) is 22.9. The van der Waals surface area contributed by atoms with Gasteiger partial charge in [-0.3, -0.25) is 14.5 Å². The molecule has 0 radical (unpaired) electrons. The van der Waals surface area contributed by atoms with Crippen LogP contribution in [0.25, 0.3) is 0 Å². The third kappa shape index (κ3) is 4.08. The van der Waals surface area contributed by atoms with E-state index in [4.69, 9.17) is 4.74 Å². The third-order valence-electron chi connectivity index (χ3n) is 5.24. The summed E-state index contributed by atoms with van der Waals surface area (Å²) in [4.78, 5) is 29.4. The van der Waals surface area contributed by atoms with Crippen LogP contribution < -0.4 is 14.5 Å². The molecule has 1 heterocycles. The largest absolute Gasteiger partial charge is 0.504 e. The lowest BCUT2D eigenvalue weighted by Gasteiger charge is -2.28. The maximum absolute atomic E-state index is 13.1. The van der Waals surface area contributed by atoms with E-state index >= 15 is 0 Å². The zero-order valence-corrected chi connectivity index (χ0v) is 18.4.